The van der Waals surface area contributed by atoms with Crippen LogP contribution in [-0.2, 0) is 0 Å². The van der Waals surface area contributed by atoms with Gasteiger partial charge in [-0.05, 0) is 24.3 Å². The molecule has 1 heterocycles. The summed E-state index contributed by atoms with van der Waals surface area (Å²) in [4.78, 5) is 16.4. The van der Waals surface area contributed by atoms with Crippen LogP contribution in [0.1, 0.15) is 10.4 Å². The van der Waals surface area contributed by atoms with Gasteiger partial charge in [-0.25, -0.2) is 0 Å². The highest BCUT2D eigenvalue weighted by atomic mass is 16.3. The molecule has 0 fully saturated rings. The van der Waals surface area contributed by atoms with Crippen LogP contribution < -0.4 is 9.80 Å². The van der Waals surface area contributed by atoms with Crippen molar-refractivity contribution in [3.63, 3.8) is 0 Å². The number of likely N-dealkylation sites (N-methyl/N-ethyl adjacent to an activating group) is 1. The van der Waals surface area contributed by atoms with Crippen molar-refractivity contribution in [1.82, 2.24) is 0 Å². The Morgan fingerprint density at radius 3 is 2.29 bits per heavy atom. The maximum Gasteiger partial charge on any atom is 0.258 e. The molecule has 1 amide bonds. The summed E-state index contributed by atoms with van der Waals surface area (Å²) < 4.78 is 0. The molecule has 0 unspecified atom stereocenters. The van der Waals surface area contributed by atoms with Crippen molar-refractivity contribution in [2.45, 2.75) is 0 Å². The summed E-state index contributed by atoms with van der Waals surface area (Å²) in [5.74, 6) is -0.483. The zero-order valence-electron chi connectivity index (χ0n) is 11.7. The number of nitrogens with zero attached hydrogens (tertiary/aromatic N) is 2. The minimum absolute atomic E-state index is 0.124. The van der Waals surface area contributed by atoms with Crippen molar-refractivity contribution < 1.29 is 15.0 Å². The third kappa shape index (κ3) is 2.38. The number of hydrogen-bond donors (Lipinski definition) is 2. The predicted octanol–water partition coefficient (Wildman–Crippen LogP) is 2.19. The molecule has 0 aromatic heterocycles. The third-order valence-corrected chi connectivity index (χ3v) is 3.64. The number of fused-ring (bicyclic) bond motifs is 1. The van der Waals surface area contributed by atoms with Crippen molar-refractivity contribution >= 4 is 17.3 Å². The Hall–Kier alpha value is -2.69. The maximum atomic E-state index is 12.7. The van der Waals surface area contributed by atoms with Gasteiger partial charge < -0.3 is 20.0 Å². The van der Waals surface area contributed by atoms with Gasteiger partial charge in [-0.2, -0.15) is 0 Å². The van der Waals surface area contributed by atoms with Crippen LogP contribution in [0, 0.1) is 0 Å². The zero-order valence-corrected chi connectivity index (χ0v) is 11.7. The molecule has 0 saturated heterocycles. The molecule has 0 saturated carbocycles. The van der Waals surface area contributed by atoms with Gasteiger partial charge in [0.15, 0.2) is 0 Å². The van der Waals surface area contributed by atoms with Crippen molar-refractivity contribution in [3.8, 4) is 11.5 Å². The molecule has 1 aliphatic rings. The first-order valence-electron chi connectivity index (χ1n) is 6.71. The van der Waals surface area contributed by atoms with E-state index < -0.39 is 0 Å². The molecule has 0 atom stereocenters. The Labute approximate surface area is 122 Å². The number of para-hydroxylation sites is 2. The van der Waals surface area contributed by atoms with Gasteiger partial charge in [-0.1, -0.05) is 12.1 Å². The third-order valence-electron chi connectivity index (χ3n) is 3.64. The lowest BCUT2D eigenvalue weighted by Crippen LogP contribution is -2.42. The Kier molecular flexibility index (Phi) is 3.17. The van der Waals surface area contributed by atoms with E-state index in [9.17, 15) is 15.0 Å². The minimum atomic E-state index is -0.234. The monoisotopic (exact) mass is 284 g/mol. The second-order valence-corrected chi connectivity index (χ2v) is 5.11. The van der Waals surface area contributed by atoms with Gasteiger partial charge in [0, 0.05) is 31.8 Å². The first kappa shape index (κ1) is 13.3. The summed E-state index contributed by atoms with van der Waals surface area (Å²) >= 11 is 0. The van der Waals surface area contributed by atoms with Gasteiger partial charge in [0.1, 0.15) is 11.5 Å². The number of phenolic OH excluding ortho intramolecular Hbond substituents is 2. The van der Waals surface area contributed by atoms with Gasteiger partial charge >= 0.3 is 0 Å². The quantitative estimate of drug-likeness (QED) is 0.842. The SMILES string of the molecule is CN1CCN(C(=O)c2cc(O)cc(O)c2)c2ccccc21. The number of aromatic hydroxyl groups is 2. The van der Waals surface area contributed by atoms with E-state index in [-0.39, 0.29) is 23.0 Å². The number of carbonyl (C=O) groups is 1. The van der Waals surface area contributed by atoms with E-state index in [1.807, 2.05) is 31.3 Å². The Bertz CT molecular complexity index is 679. The molecular formula is C16H16N2O3. The van der Waals surface area contributed by atoms with Crippen molar-refractivity contribution in [2.75, 3.05) is 29.9 Å². The summed E-state index contributed by atoms with van der Waals surface area (Å²) in [7, 11) is 1.99. The van der Waals surface area contributed by atoms with Crippen LogP contribution in [-0.4, -0.2) is 36.3 Å². The normalized spacial score (nSPS) is 14.0. The zero-order chi connectivity index (χ0) is 15.0. The topological polar surface area (TPSA) is 64.0 Å². The van der Waals surface area contributed by atoms with Crippen LogP contribution in [0.3, 0.4) is 0 Å². The summed E-state index contributed by atoms with van der Waals surface area (Å²) in [6, 6.07) is 11.6. The van der Waals surface area contributed by atoms with Gasteiger partial charge in [0.25, 0.3) is 5.91 Å². The van der Waals surface area contributed by atoms with Crippen LogP contribution in [0.25, 0.3) is 0 Å². The number of benzene rings is 2. The smallest absolute Gasteiger partial charge is 0.258 e. The highest BCUT2D eigenvalue weighted by Crippen LogP contribution is 2.33. The van der Waals surface area contributed by atoms with E-state index in [0.717, 1.165) is 17.9 Å². The predicted molar refractivity (Wildman–Crippen MR) is 81.2 cm³/mol. The average Bonchev–Trinajstić information content (AvgIpc) is 2.46. The van der Waals surface area contributed by atoms with Crippen molar-refractivity contribution in [2.24, 2.45) is 0 Å². The molecule has 108 valence electrons. The van der Waals surface area contributed by atoms with Crippen molar-refractivity contribution in [3.05, 3.63) is 48.0 Å². The molecule has 2 aromatic carbocycles. The van der Waals surface area contributed by atoms with Crippen LogP contribution in [0.5, 0.6) is 11.5 Å². The lowest BCUT2D eigenvalue weighted by atomic mass is 10.1. The molecule has 21 heavy (non-hydrogen) atoms. The average molecular weight is 284 g/mol. The lowest BCUT2D eigenvalue weighted by Gasteiger charge is -2.35. The van der Waals surface area contributed by atoms with Gasteiger partial charge in [0.2, 0.25) is 0 Å². The molecular weight excluding hydrogens is 268 g/mol. The van der Waals surface area contributed by atoms with Crippen LogP contribution >= 0.6 is 0 Å². The van der Waals surface area contributed by atoms with Crippen molar-refractivity contribution in [1.29, 1.82) is 0 Å². The molecule has 5 heteroatoms. The molecule has 2 aromatic rings. The summed E-state index contributed by atoms with van der Waals surface area (Å²) in [5, 5.41) is 19.1. The number of amides is 1. The number of hydrogen-bond acceptors (Lipinski definition) is 4. The van der Waals surface area contributed by atoms with E-state index in [0.29, 0.717) is 6.54 Å². The first-order valence-corrected chi connectivity index (χ1v) is 6.71. The van der Waals surface area contributed by atoms with Crippen LogP contribution in [0.2, 0.25) is 0 Å². The van der Waals surface area contributed by atoms with Gasteiger partial charge in [-0.15, -0.1) is 0 Å². The van der Waals surface area contributed by atoms with Crippen LogP contribution in [0.15, 0.2) is 42.5 Å². The number of rotatable bonds is 1. The fourth-order valence-electron chi connectivity index (χ4n) is 2.59. The fraction of sp³-hybridized carbons (Fsp3) is 0.188. The number of carbonyl (C=O) groups excluding carboxylic acids is 1. The second-order valence-electron chi connectivity index (χ2n) is 5.11. The Balaban J connectivity index is 2.01. The Morgan fingerprint density at radius 1 is 1.00 bits per heavy atom. The molecule has 1 aliphatic heterocycles. The summed E-state index contributed by atoms with van der Waals surface area (Å²) in [6.45, 7) is 1.29. The van der Waals surface area contributed by atoms with Crippen LogP contribution in [0.4, 0.5) is 11.4 Å². The highest BCUT2D eigenvalue weighted by molar-refractivity contribution is 6.08. The summed E-state index contributed by atoms with van der Waals surface area (Å²) in [5.41, 5.74) is 2.09. The lowest BCUT2D eigenvalue weighted by molar-refractivity contribution is 0.0986. The molecule has 0 spiro atoms. The maximum absolute atomic E-state index is 12.7. The standard InChI is InChI=1S/C16H16N2O3/c1-17-6-7-18(15-5-3-2-4-14(15)17)16(21)11-8-12(19)10-13(20)9-11/h2-5,8-10,19-20H,6-7H2,1H3. The fourth-order valence-corrected chi connectivity index (χ4v) is 2.59. The first-order chi connectivity index (χ1) is 10.1. The van der Waals surface area contributed by atoms with E-state index in [1.54, 1.807) is 4.90 Å². The minimum Gasteiger partial charge on any atom is -0.508 e. The highest BCUT2D eigenvalue weighted by Gasteiger charge is 2.26. The van der Waals surface area contributed by atoms with Gasteiger partial charge in [-0.3, -0.25) is 4.79 Å². The molecule has 0 aliphatic carbocycles. The largest absolute Gasteiger partial charge is 0.508 e. The second kappa shape index (κ2) is 5.01. The summed E-state index contributed by atoms with van der Waals surface area (Å²) in [6.07, 6.45) is 0. The molecule has 5 nitrogen and oxygen atoms in total. The molecule has 3 rings (SSSR count). The number of anilines is 2. The van der Waals surface area contributed by atoms with E-state index >= 15 is 0 Å². The van der Waals surface area contributed by atoms with E-state index in [1.165, 1.54) is 18.2 Å². The van der Waals surface area contributed by atoms with Gasteiger partial charge in [0.05, 0.1) is 11.4 Å². The number of phenols is 2. The van der Waals surface area contributed by atoms with E-state index in [2.05, 4.69) is 4.90 Å². The van der Waals surface area contributed by atoms with E-state index in [4.69, 9.17) is 0 Å². The molecule has 2 N–H and O–H groups in total. The Morgan fingerprint density at radius 2 is 1.62 bits per heavy atom. The molecule has 0 bridgehead atoms. The molecule has 0 radical (unpaired) electrons.